The van der Waals surface area contributed by atoms with Crippen LogP contribution in [-0.2, 0) is 9.16 Å². The van der Waals surface area contributed by atoms with Gasteiger partial charge in [0.15, 0.2) is 8.32 Å². The van der Waals surface area contributed by atoms with Gasteiger partial charge in [-0.05, 0) is 26.1 Å². The molecule has 3 heteroatoms. The van der Waals surface area contributed by atoms with E-state index in [1.165, 1.54) is 83.5 Å². The van der Waals surface area contributed by atoms with Gasteiger partial charge < -0.3 is 9.16 Å². The minimum absolute atomic E-state index is 0.766. The first kappa shape index (κ1) is 23.1. The third kappa shape index (κ3) is 22.1. The molecule has 0 atom stereocenters. The van der Waals surface area contributed by atoms with Crippen molar-refractivity contribution in [3.05, 3.63) is 0 Å². The zero-order valence-corrected chi connectivity index (χ0v) is 17.6. The lowest BCUT2D eigenvalue weighted by atomic mass is 10.0. The zero-order chi connectivity index (χ0) is 17.2. The van der Waals surface area contributed by atoms with E-state index in [0.29, 0.717) is 0 Å². The number of hydrogen-bond acceptors (Lipinski definition) is 2. The van der Waals surface area contributed by atoms with E-state index in [0.717, 1.165) is 19.8 Å². The molecule has 0 N–H and O–H groups in total. The Labute approximate surface area is 147 Å². The molecule has 0 aromatic carbocycles. The van der Waals surface area contributed by atoms with E-state index in [1.54, 1.807) is 0 Å². The fourth-order valence-corrected chi connectivity index (χ4v) is 3.43. The highest BCUT2D eigenvalue weighted by atomic mass is 28.4. The normalized spacial score (nSPS) is 12.0. The molecule has 23 heavy (non-hydrogen) atoms. The van der Waals surface area contributed by atoms with Crippen molar-refractivity contribution in [3.8, 4) is 0 Å². The molecule has 0 rings (SSSR count). The maximum absolute atomic E-state index is 5.76. The van der Waals surface area contributed by atoms with Crippen LogP contribution in [-0.4, -0.2) is 28.1 Å². The summed E-state index contributed by atoms with van der Waals surface area (Å²) in [7, 11) is -1.35. The molecular formula is C20H44O2Si. The van der Waals surface area contributed by atoms with E-state index < -0.39 is 8.32 Å². The van der Waals surface area contributed by atoms with Crippen molar-refractivity contribution in [2.45, 2.75) is 110 Å². The highest BCUT2D eigenvalue weighted by Gasteiger charge is 2.12. The largest absolute Gasteiger partial charge is 0.415 e. The van der Waals surface area contributed by atoms with Crippen LogP contribution < -0.4 is 0 Å². The van der Waals surface area contributed by atoms with E-state index in [2.05, 4.69) is 26.6 Å². The van der Waals surface area contributed by atoms with Gasteiger partial charge in [0.25, 0.3) is 0 Å². The van der Waals surface area contributed by atoms with Gasteiger partial charge in [0.05, 0.1) is 13.2 Å². The first-order valence-electron chi connectivity index (χ1n) is 10.3. The fourth-order valence-electron chi connectivity index (χ4n) is 2.73. The van der Waals surface area contributed by atoms with Gasteiger partial charge in [-0.1, -0.05) is 84.0 Å². The third-order valence-corrected chi connectivity index (χ3v) is 5.23. The van der Waals surface area contributed by atoms with Crippen molar-refractivity contribution in [1.82, 2.24) is 0 Å². The first-order valence-corrected chi connectivity index (χ1v) is 13.7. The number of rotatable bonds is 18. The number of hydrogen-bond donors (Lipinski definition) is 0. The molecule has 140 valence electrons. The van der Waals surface area contributed by atoms with Crippen molar-refractivity contribution in [2.75, 3.05) is 19.8 Å². The molecule has 0 heterocycles. The quantitative estimate of drug-likeness (QED) is 0.198. The van der Waals surface area contributed by atoms with Crippen LogP contribution in [0.15, 0.2) is 0 Å². The molecule has 0 bridgehead atoms. The molecular weight excluding hydrogens is 300 g/mol. The van der Waals surface area contributed by atoms with Gasteiger partial charge in [0.1, 0.15) is 0 Å². The molecule has 0 aliphatic carbocycles. The van der Waals surface area contributed by atoms with Crippen molar-refractivity contribution < 1.29 is 9.16 Å². The Morgan fingerprint density at radius 2 is 0.957 bits per heavy atom. The topological polar surface area (TPSA) is 18.5 Å². The van der Waals surface area contributed by atoms with E-state index in [1.807, 2.05) is 0 Å². The summed E-state index contributed by atoms with van der Waals surface area (Å²) in [5.74, 6) is 0. The molecule has 0 unspecified atom stereocenters. The van der Waals surface area contributed by atoms with Crippen LogP contribution in [0.1, 0.15) is 90.4 Å². The van der Waals surface area contributed by atoms with Gasteiger partial charge in [-0.2, -0.15) is 0 Å². The van der Waals surface area contributed by atoms with Crippen LogP contribution in [0.25, 0.3) is 0 Å². The van der Waals surface area contributed by atoms with Gasteiger partial charge in [0, 0.05) is 6.61 Å². The number of unbranched alkanes of at least 4 members (excludes halogenated alkanes) is 12. The van der Waals surface area contributed by atoms with Gasteiger partial charge in [-0.15, -0.1) is 0 Å². The zero-order valence-electron chi connectivity index (χ0n) is 16.6. The molecule has 0 aliphatic heterocycles. The smallest absolute Gasteiger partial charge is 0.183 e. The van der Waals surface area contributed by atoms with E-state index in [4.69, 9.17) is 9.16 Å². The third-order valence-electron chi connectivity index (χ3n) is 4.15. The monoisotopic (exact) mass is 344 g/mol. The van der Waals surface area contributed by atoms with Crippen LogP contribution in [0.3, 0.4) is 0 Å². The lowest BCUT2D eigenvalue weighted by Gasteiger charge is -2.16. The van der Waals surface area contributed by atoms with Crippen LogP contribution >= 0.6 is 0 Å². The highest BCUT2D eigenvalue weighted by Crippen LogP contribution is 2.12. The summed E-state index contributed by atoms with van der Waals surface area (Å²) in [5, 5.41) is 0. The van der Waals surface area contributed by atoms with Crippen LogP contribution in [0.5, 0.6) is 0 Å². The average Bonchev–Trinajstić information content (AvgIpc) is 2.49. The summed E-state index contributed by atoms with van der Waals surface area (Å²) in [4.78, 5) is 0. The average molecular weight is 345 g/mol. The molecule has 0 saturated heterocycles. The molecule has 0 aliphatic rings. The fraction of sp³-hybridized carbons (Fsp3) is 1.00. The highest BCUT2D eigenvalue weighted by molar-refractivity contribution is 6.69. The lowest BCUT2D eigenvalue weighted by molar-refractivity contribution is 0.0949. The number of ether oxygens (including phenoxy) is 1. The van der Waals surface area contributed by atoms with Gasteiger partial charge in [-0.3, -0.25) is 0 Å². The molecule has 0 radical (unpaired) electrons. The molecule has 0 fully saturated rings. The van der Waals surface area contributed by atoms with Gasteiger partial charge in [0.2, 0.25) is 0 Å². The van der Waals surface area contributed by atoms with Crippen molar-refractivity contribution in [2.24, 2.45) is 0 Å². The Morgan fingerprint density at radius 3 is 1.39 bits per heavy atom. The molecule has 0 aromatic heterocycles. The summed E-state index contributed by atoms with van der Waals surface area (Å²) in [6.45, 7) is 11.4. The Bertz CT molecular complexity index is 226. The maximum atomic E-state index is 5.76. The lowest BCUT2D eigenvalue weighted by Crippen LogP contribution is -2.27. The minimum Gasteiger partial charge on any atom is -0.415 e. The summed E-state index contributed by atoms with van der Waals surface area (Å²) >= 11 is 0. The Morgan fingerprint density at radius 1 is 0.522 bits per heavy atom. The molecule has 0 saturated carbocycles. The second kappa shape index (κ2) is 17.0. The second-order valence-corrected chi connectivity index (χ2v) is 12.3. The van der Waals surface area contributed by atoms with Crippen molar-refractivity contribution >= 4 is 8.32 Å². The van der Waals surface area contributed by atoms with E-state index in [9.17, 15) is 0 Å². The molecule has 0 aromatic rings. The van der Waals surface area contributed by atoms with Crippen LogP contribution in [0.2, 0.25) is 19.6 Å². The first-order chi connectivity index (χ1) is 11.1. The Balaban J connectivity index is 3.00. The summed E-state index contributed by atoms with van der Waals surface area (Å²) < 4.78 is 11.4. The van der Waals surface area contributed by atoms with Crippen LogP contribution in [0.4, 0.5) is 0 Å². The van der Waals surface area contributed by atoms with Crippen molar-refractivity contribution in [1.29, 1.82) is 0 Å². The predicted octanol–water partition coefficient (Wildman–Crippen LogP) is 6.95. The Hall–Kier alpha value is 0.137. The molecule has 2 nitrogen and oxygen atoms in total. The summed E-state index contributed by atoms with van der Waals surface area (Å²) in [5.41, 5.74) is 0. The summed E-state index contributed by atoms with van der Waals surface area (Å²) in [6.07, 6.45) is 18.3. The predicted molar refractivity (Wildman–Crippen MR) is 106 cm³/mol. The van der Waals surface area contributed by atoms with Crippen LogP contribution in [0, 0.1) is 0 Å². The Kier molecular flexibility index (Phi) is 17.1. The minimum atomic E-state index is -1.35. The van der Waals surface area contributed by atoms with Gasteiger partial charge >= 0.3 is 0 Å². The van der Waals surface area contributed by atoms with E-state index in [-0.39, 0.29) is 0 Å². The summed E-state index contributed by atoms with van der Waals surface area (Å²) in [6, 6.07) is 0. The van der Waals surface area contributed by atoms with E-state index >= 15 is 0 Å². The molecule has 0 amide bonds. The SMILES string of the molecule is CCCCCCCCCCCCCCCOCCO[Si](C)(C)C. The maximum Gasteiger partial charge on any atom is 0.183 e. The second-order valence-electron chi connectivity index (χ2n) is 7.82. The van der Waals surface area contributed by atoms with Crippen molar-refractivity contribution in [3.63, 3.8) is 0 Å². The molecule has 0 spiro atoms. The standard InChI is InChI=1S/C20H44O2Si/c1-5-6-7-8-9-10-11-12-13-14-15-16-17-18-21-19-20-22-23(2,3)4/h5-20H2,1-4H3. The van der Waals surface area contributed by atoms with Gasteiger partial charge in [-0.25, -0.2) is 0 Å².